The largest absolute Gasteiger partial charge is 0.411 e. The molecule has 0 aliphatic heterocycles. The van der Waals surface area contributed by atoms with Crippen LogP contribution in [0.2, 0.25) is 0 Å². The summed E-state index contributed by atoms with van der Waals surface area (Å²) in [6.45, 7) is -1.10. The first kappa shape index (κ1) is 14.8. The summed E-state index contributed by atoms with van der Waals surface area (Å²) in [7, 11) is 0. The van der Waals surface area contributed by atoms with Crippen LogP contribution in [0.25, 0.3) is 10.1 Å². The Bertz CT molecular complexity index is 538. The second kappa shape index (κ2) is 6.24. The van der Waals surface area contributed by atoms with Crippen LogP contribution in [0.3, 0.4) is 0 Å². The molecule has 1 aromatic carbocycles. The molecule has 0 aliphatic rings. The van der Waals surface area contributed by atoms with E-state index in [1.54, 1.807) is 11.3 Å². The van der Waals surface area contributed by atoms with Gasteiger partial charge in [0.1, 0.15) is 6.61 Å². The van der Waals surface area contributed by atoms with Crippen molar-refractivity contribution in [1.82, 2.24) is 0 Å². The number of halogens is 4. The van der Waals surface area contributed by atoms with Crippen LogP contribution in [0.4, 0.5) is 13.2 Å². The molecule has 0 amide bonds. The van der Waals surface area contributed by atoms with Gasteiger partial charge in [0, 0.05) is 16.1 Å². The molecule has 0 bridgehead atoms. The Morgan fingerprint density at radius 3 is 2.74 bits per heavy atom. The average Bonchev–Trinajstić information content (AvgIpc) is 2.77. The number of fused-ring (bicyclic) bond motifs is 1. The quantitative estimate of drug-likeness (QED) is 0.523. The molecule has 0 saturated carbocycles. The van der Waals surface area contributed by atoms with Crippen molar-refractivity contribution < 1.29 is 17.9 Å². The fraction of sp³-hybridized carbons (Fsp3) is 0.385. The highest BCUT2D eigenvalue weighted by atomic mass is 79.9. The maximum absolute atomic E-state index is 11.9. The van der Waals surface area contributed by atoms with Gasteiger partial charge < -0.3 is 4.74 Å². The summed E-state index contributed by atoms with van der Waals surface area (Å²) < 4.78 is 41.6. The number of hydrogen-bond acceptors (Lipinski definition) is 2. The van der Waals surface area contributed by atoms with Crippen LogP contribution >= 0.6 is 27.3 Å². The van der Waals surface area contributed by atoms with E-state index >= 15 is 0 Å². The monoisotopic (exact) mass is 352 g/mol. The van der Waals surface area contributed by atoms with Crippen LogP contribution in [-0.2, 0) is 4.74 Å². The van der Waals surface area contributed by atoms with Crippen molar-refractivity contribution in [1.29, 1.82) is 0 Å². The molecule has 1 atom stereocenters. The number of alkyl halides is 4. The van der Waals surface area contributed by atoms with Crippen LogP contribution < -0.4 is 0 Å². The summed E-state index contributed by atoms with van der Waals surface area (Å²) >= 11 is 5.15. The van der Waals surface area contributed by atoms with E-state index in [1.807, 2.05) is 29.6 Å². The first-order valence-electron chi connectivity index (χ1n) is 5.72. The van der Waals surface area contributed by atoms with Gasteiger partial charge in [0.05, 0.1) is 0 Å². The Morgan fingerprint density at radius 1 is 1.26 bits per heavy atom. The maximum Gasteiger partial charge on any atom is 0.411 e. The summed E-state index contributed by atoms with van der Waals surface area (Å²) in [6, 6.07) is 7.98. The van der Waals surface area contributed by atoms with Crippen molar-refractivity contribution in [2.75, 3.05) is 13.2 Å². The zero-order valence-electron chi connectivity index (χ0n) is 9.91. The lowest BCUT2D eigenvalue weighted by molar-refractivity contribution is -0.174. The maximum atomic E-state index is 11.9. The zero-order chi connectivity index (χ0) is 13.9. The molecular formula is C13H12BrF3OS. The molecule has 1 unspecified atom stereocenters. The lowest BCUT2D eigenvalue weighted by Crippen LogP contribution is -2.17. The topological polar surface area (TPSA) is 9.23 Å². The highest BCUT2D eigenvalue weighted by molar-refractivity contribution is 9.09. The first-order chi connectivity index (χ1) is 8.97. The number of benzene rings is 1. The van der Waals surface area contributed by atoms with Crippen LogP contribution in [0, 0.1) is 0 Å². The molecule has 104 valence electrons. The third-order valence-corrected chi connectivity index (χ3v) is 4.56. The molecule has 2 aromatic rings. The van der Waals surface area contributed by atoms with E-state index in [2.05, 4.69) is 20.7 Å². The molecule has 2 rings (SSSR count). The smallest absolute Gasteiger partial charge is 0.372 e. The molecule has 19 heavy (non-hydrogen) atoms. The van der Waals surface area contributed by atoms with E-state index in [9.17, 15) is 13.2 Å². The van der Waals surface area contributed by atoms with E-state index in [0.29, 0.717) is 6.42 Å². The lowest BCUT2D eigenvalue weighted by Gasteiger charge is -2.11. The Balaban J connectivity index is 1.91. The first-order valence-corrected chi connectivity index (χ1v) is 7.51. The van der Waals surface area contributed by atoms with Crippen LogP contribution in [0.1, 0.15) is 16.8 Å². The number of rotatable bonds is 5. The summed E-state index contributed by atoms with van der Waals surface area (Å²) in [6.07, 6.45) is -3.74. The average molecular weight is 353 g/mol. The summed E-state index contributed by atoms with van der Waals surface area (Å²) in [4.78, 5) is 0.0110. The highest BCUT2D eigenvalue weighted by Gasteiger charge is 2.27. The lowest BCUT2D eigenvalue weighted by atomic mass is 10.1. The van der Waals surface area contributed by atoms with Gasteiger partial charge in [-0.25, -0.2) is 0 Å². The normalized spacial score (nSPS) is 13.9. The molecule has 0 radical (unpaired) electrons. The van der Waals surface area contributed by atoms with Crippen molar-refractivity contribution in [2.45, 2.75) is 17.4 Å². The highest BCUT2D eigenvalue weighted by Crippen LogP contribution is 2.36. The minimum atomic E-state index is -4.25. The van der Waals surface area contributed by atoms with Gasteiger partial charge in [-0.05, 0) is 28.8 Å². The number of ether oxygens (including phenoxy) is 1. The van der Waals surface area contributed by atoms with E-state index in [4.69, 9.17) is 0 Å². The third-order valence-electron chi connectivity index (χ3n) is 2.63. The molecule has 6 heteroatoms. The third kappa shape index (κ3) is 4.19. The van der Waals surface area contributed by atoms with Crippen molar-refractivity contribution in [3.8, 4) is 0 Å². The fourth-order valence-electron chi connectivity index (χ4n) is 1.77. The minimum Gasteiger partial charge on any atom is -0.372 e. The molecule has 1 nitrogen and oxygen atoms in total. The van der Waals surface area contributed by atoms with Crippen molar-refractivity contribution in [2.24, 2.45) is 0 Å². The molecular weight excluding hydrogens is 341 g/mol. The van der Waals surface area contributed by atoms with Gasteiger partial charge in [-0.1, -0.05) is 34.1 Å². The Labute approximate surface area is 121 Å². The van der Waals surface area contributed by atoms with Gasteiger partial charge in [-0.15, -0.1) is 11.3 Å². The van der Waals surface area contributed by atoms with Gasteiger partial charge >= 0.3 is 6.18 Å². The van der Waals surface area contributed by atoms with Crippen molar-refractivity contribution in [3.05, 3.63) is 35.2 Å². The van der Waals surface area contributed by atoms with Gasteiger partial charge in [0.25, 0.3) is 0 Å². The van der Waals surface area contributed by atoms with Gasteiger partial charge in [-0.3, -0.25) is 0 Å². The standard InChI is InChI=1S/C13H12BrF3OS/c14-11(5-6-18-8-13(15,16)17)10-7-19-12-4-2-1-3-9(10)12/h1-4,7,11H,5-6,8H2. The van der Waals surface area contributed by atoms with E-state index < -0.39 is 12.8 Å². The summed E-state index contributed by atoms with van der Waals surface area (Å²) in [5, 5.41) is 3.18. The Hall–Kier alpha value is -0.590. The van der Waals surface area contributed by atoms with Gasteiger partial charge in [0.2, 0.25) is 0 Å². The summed E-state index contributed by atoms with van der Waals surface area (Å²) in [5.41, 5.74) is 1.11. The molecule has 1 heterocycles. The Kier molecular flexibility index (Phi) is 4.86. The SMILES string of the molecule is FC(F)(F)COCCC(Br)c1csc2ccccc12. The predicted octanol–water partition coefficient (Wildman–Crippen LogP) is 5.31. The molecule has 0 spiro atoms. The fourth-order valence-corrected chi connectivity index (χ4v) is 3.53. The van der Waals surface area contributed by atoms with Gasteiger partial charge in [0.15, 0.2) is 0 Å². The number of thiophene rings is 1. The summed E-state index contributed by atoms with van der Waals surface area (Å²) in [5.74, 6) is 0. The second-order valence-electron chi connectivity index (χ2n) is 4.11. The molecule has 1 aromatic heterocycles. The van der Waals surface area contributed by atoms with E-state index in [1.165, 1.54) is 4.70 Å². The number of hydrogen-bond donors (Lipinski definition) is 0. The zero-order valence-corrected chi connectivity index (χ0v) is 12.3. The predicted molar refractivity (Wildman–Crippen MR) is 75.0 cm³/mol. The van der Waals surface area contributed by atoms with Gasteiger partial charge in [-0.2, -0.15) is 13.2 Å². The molecule has 0 aliphatic carbocycles. The molecule has 0 fully saturated rings. The van der Waals surface area contributed by atoms with Crippen molar-refractivity contribution in [3.63, 3.8) is 0 Å². The van der Waals surface area contributed by atoms with Crippen LogP contribution in [0.5, 0.6) is 0 Å². The van der Waals surface area contributed by atoms with Crippen molar-refractivity contribution >= 4 is 37.4 Å². The second-order valence-corrected chi connectivity index (χ2v) is 6.13. The van der Waals surface area contributed by atoms with E-state index in [0.717, 1.165) is 10.9 Å². The molecule has 0 saturated heterocycles. The Morgan fingerprint density at radius 2 is 2.00 bits per heavy atom. The minimum absolute atomic E-state index is 0.0110. The molecule has 0 N–H and O–H groups in total. The van der Waals surface area contributed by atoms with Crippen LogP contribution in [-0.4, -0.2) is 19.4 Å². The van der Waals surface area contributed by atoms with E-state index in [-0.39, 0.29) is 11.4 Å². The van der Waals surface area contributed by atoms with Crippen LogP contribution in [0.15, 0.2) is 29.6 Å².